The highest BCUT2D eigenvalue weighted by atomic mass is 16.3. The van der Waals surface area contributed by atoms with Crippen molar-refractivity contribution in [2.75, 3.05) is 13.1 Å². The largest absolute Gasteiger partial charge is 0.386 e. The Morgan fingerprint density at radius 1 is 1.44 bits per heavy atom. The first kappa shape index (κ1) is 12.6. The number of hydrogen-bond acceptors (Lipinski definition) is 4. The summed E-state index contributed by atoms with van der Waals surface area (Å²) in [6, 6.07) is 1.04. The average molecular weight is 253 g/mol. The molecular weight excluding hydrogens is 238 g/mol. The van der Waals surface area contributed by atoms with Crippen LogP contribution in [0.2, 0.25) is 0 Å². The zero-order valence-corrected chi connectivity index (χ0v) is 10.0. The van der Waals surface area contributed by atoms with Crippen LogP contribution >= 0.6 is 0 Å². The number of β-amino-alcohol motifs (C(OH)–C–C–N with tert-alkyl or cyclic N) is 1. The van der Waals surface area contributed by atoms with Gasteiger partial charge in [-0.25, -0.2) is 4.79 Å². The number of amides is 1. The van der Waals surface area contributed by atoms with Gasteiger partial charge in [0.25, 0.3) is 11.5 Å². The van der Waals surface area contributed by atoms with Crippen LogP contribution in [-0.4, -0.2) is 44.6 Å². The van der Waals surface area contributed by atoms with Gasteiger partial charge in [0.15, 0.2) is 0 Å². The lowest BCUT2D eigenvalue weighted by molar-refractivity contribution is -0.0861. The van der Waals surface area contributed by atoms with Crippen LogP contribution in [0, 0.1) is 0 Å². The molecule has 7 nitrogen and oxygen atoms in total. The second kappa shape index (κ2) is 4.41. The second-order valence-electron chi connectivity index (χ2n) is 4.64. The molecular formula is C11H15N3O4. The van der Waals surface area contributed by atoms with E-state index in [4.69, 9.17) is 0 Å². The molecule has 18 heavy (non-hydrogen) atoms. The molecule has 1 saturated heterocycles. The Morgan fingerprint density at radius 2 is 2.11 bits per heavy atom. The number of aromatic nitrogens is 2. The summed E-state index contributed by atoms with van der Waals surface area (Å²) in [6.07, 6.45) is 1.46. The minimum Gasteiger partial charge on any atom is -0.386 e. The molecule has 2 rings (SSSR count). The summed E-state index contributed by atoms with van der Waals surface area (Å²) < 4.78 is 0. The van der Waals surface area contributed by atoms with Crippen molar-refractivity contribution in [3.8, 4) is 0 Å². The molecule has 0 atom stereocenters. The van der Waals surface area contributed by atoms with Crippen LogP contribution < -0.4 is 11.2 Å². The third-order valence-corrected chi connectivity index (χ3v) is 2.96. The molecule has 0 spiro atoms. The van der Waals surface area contributed by atoms with Gasteiger partial charge < -0.3 is 15.0 Å². The Kier molecular flexibility index (Phi) is 3.08. The van der Waals surface area contributed by atoms with E-state index >= 15 is 0 Å². The van der Waals surface area contributed by atoms with Gasteiger partial charge in [-0.1, -0.05) is 13.3 Å². The molecule has 98 valence electrons. The zero-order chi connectivity index (χ0) is 13.3. The van der Waals surface area contributed by atoms with E-state index in [0.717, 1.165) is 12.5 Å². The summed E-state index contributed by atoms with van der Waals surface area (Å²) >= 11 is 0. The molecule has 0 radical (unpaired) electrons. The van der Waals surface area contributed by atoms with E-state index in [1.807, 2.05) is 11.9 Å². The highest BCUT2D eigenvalue weighted by molar-refractivity contribution is 5.92. The van der Waals surface area contributed by atoms with Gasteiger partial charge in [-0.3, -0.25) is 14.6 Å². The predicted molar refractivity (Wildman–Crippen MR) is 63.4 cm³/mol. The summed E-state index contributed by atoms with van der Waals surface area (Å²) in [7, 11) is 0. The lowest BCUT2D eigenvalue weighted by atomic mass is 9.89. The molecule has 7 heteroatoms. The van der Waals surface area contributed by atoms with E-state index in [9.17, 15) is 19.5 Å². The van der Waals surface area contributed by atoms with Crippen molar-refractivity contribution >= 4 is 5.91 Å². The van der Waals surface area contributed by atoms with E-state index in [2.05, 4.69) is 4.98 Å². The number of likely N-dealkylation sites (tertiary alicyclic amines) is 1. The summed E-state index contributed by atoms with van der Waals surface area (Å²) in [5, 5.41) is 9.95. The van der Waals surface area contributed by atoms with Crippen LogP contribution in [0.4, 0.5) is 0 Å². The van der Waals surface area contributed by atoms with Crippen molar-refractivity contribution in [2.45, 2.75) is 25.4 Å². The Balaban J connectivity index is 2.10. The van der Waals surface area contributed by atoms with Gasteiger partial charge in [-0.05, 0) is 6.42 Å². The molecule has 1 amide bonds. The molecule has 1 aromatic heterocycles. The van der Waals surface area contributed by atoms with Gasteiger partial charge in [0.2, 0.25) is 0 Å². The second-order valence-corrected chi connectivity index (χ2v) is 4.64. The SMILES string of the molecule is CCCC1(O)CN(C(=O)c2cc(=O)[nH]c(=O)[nH]2)C1. The van der Waals surface area contributed by atoms with Crippen LogP contribution in [0.5, 0.6) is 0 Å². The molecule has 1 aliphatic rings. The fraction of sp³-hybridized carbons (Fsp3) is 0.545. The highest BCUT2D eigenvalue weighted by Gasteiger charge is 2.43. The summed E-state index contributed by atoms with van der Waals surface area (Å²) in [5.41, 5.74) is -2.21. The first-order valence-corrected chi connectivity index (χ1v) is 5.79. The molecule has 0 unspecified atom stereocenters. The maximum absolute atomic E-state index is 11.9. The minimum atomic E-state index is -0.827. The Hall–Kier alpha value is -1.89. The van der Waals surface area contributed by atoms with E-state index in [0.29, 0.717) is 6.42 Å². The highest BCUT2D eigenvalue weighted by Crippen LogP contribution is 2.26. The molecule has 1 aliphatic heterocycles. The lowest BCUT2D eigenvalue weighted by Gasteiger charge is -2.46. The molecule has 0 bridgehead atoms. The lowest BCUT2D eigenvalue weighted by Crippen LogP contribution is -2.63. The molecule has 0 aliphatic carbocycles. The van der Waals surface area contributed by atoms with E-state index in [-0.39, 0.29) is 18.8 Å². The normalized spacial score (nSPS) is 17.3. The third-order valence-electron chi connectivity index (χ3n) is 2.96. The van der Waals surface area contributed by atoms with Gasteiger partial charge >= 0.3 is 5.69 Å². The standard InChI is InChI=1S/C11H15N3O4/c1-2-3-11(18)5-14(6-11)9(16)7-4-8(15)13-10(17)12-7/h4,18H,2-3,5-6H2,1H3,(H2,12,13,15,17). The third kappa shape index (κ3) is 2.35. The van der Waals surface area contributed by atoms with Crippen LogP contribution in [0.3, 0.4) is 0 Å². The Bertz CT molecular complexity index is 540. The molecule has 1 aromatic rings. The van der Waals surface area contributed by atoms with Crippen molar-refractivity contribution in [1.82, 2.24) is 14.9 Å². The number of aromatic amines is 2. The monoisotopic (exact) mass is 253 g/mol. The summed E-state index contributed by atoms with van der Waals surface area (Å²) in [4.78, 5) is 39.7. The van der Waals surface area contributed by atoms with Gasteiger partial charge in [-0.15, -0.1) is 0 Å². The molecule has 1 fully saturated rings. The number of hydrogen-bond donors (Lipinski definition) is 3. The van der Waals surface area contributed by atoms with Gasteiger partial charge in [-0.2, -0.15) is 0 Å². The van der Waals surface area contributed by atoms with Gasteiger partial charge in [0.1, 0.15) is 5.69 Å². The number of rotatable bonds is 3. The number of carbonyl (C=O) groups excluding carboxylic acids is 1. The van der Waals surface area contributed by atoms with Crippen LogP contribution in [0.25, 0.3) is 0 Å². The van der Waals surface area contributed by atoms with Crippen LogP contribution in [0.15, 0.2) is 15.7 Å². The Morgan fingerprint density at radius 3 is 2.67 bits per heavy atom. The number of nitrogens with one attached hydrogen (secondary N) is 2. The molecule has 0 saturated carbocycles. The number of carbonyl (C=O) groups is 1. The van der Waals surface area contributed by atoms with Crippen molar-refractivity contribution in [1.29, 1.82) is 0 Å². The first-order valence-electron chi connectivity index (χ1n) is 5.79. The van der Waals surface area contributed by atoms with Crippen LogP contribution in [-0.2, 0) is 0 Å². The molecule has 2 heterocycles. The predicted octanol–water partition coefficient (Wildman–Crippen LogP) is -0.950. The molecule has 0 aromatic carbocycles. The molecule has 3 N–H and O–H groups in total. The van der Waals surface area contributed by atoms with Gasteiger partial charge in [0.05, 0.1) is 18.7 Å². The van der Waals surface area contributed by atoms with Crippen molar-refractivity contribution in [3.05, 3.63) is 32.6 Å². The zero-order valence-electron chi connectivity index (χ0n) is 10.0. The van der Waals surface area contributed by atoms with E-state index in [1.54, 1.807) is 0 Å². The van der Waals surface area contributed by atoms with Gasteiger partial charge in [0, 0.05) is 6.07 Å². The van der Waals surface area contributed by atoms with Crippen molar-refractivity contribution < 1.29 is 9.90 Å². The van der Waals surface area contributed by atoms with Crippen LogP contribution in [0.1, 0.15) is 30.3 Å². The minimum absolute atomic E-state index is 0.0534. The Labute approximate surface area is 102 Å². The number of aliphatic hydroxyl groups is 1. The first-order chi connectivity index (χ1) is 8.43. The maximum Gasteiger partial charge on any atom is 0.326 e. The van der Waals surface area contributed by atoms with Crippen molar-refractivity contribution in [2.24, 2.45) is 0 Å². The van der Waals surface area contributed by atoms with Crippen molar-refractivity contribution in [3.63, 3.8) is 0 Å². The number of nitrogens with zero attached hydrogens (tertiary/aromatic N) is 1. The summed E-state index contributed by atoms with van der Waals surface area (Å²) in [5.74, 6) is -0.445. The maximum atomic E-state index is 11.9. The summed E-state index contributed by atoms with van der Waals surface area (Å²) in [6.45, 7) is 2.42. The average Bonchev–Trinajstić information content (AvgIpc) is 2.23. The topological polar surface area (TPSA) is 106 Å². The fourth-order valence-corrected chi connectivity index (χ4v) is 2.19. The van der Waals surface area contributed by atoms with E-state index < -0.39 is 22.8 Å². The van der Waals surface area contributed by atoms with E-state index in [1.165, 1.54) is 4.90 Å². The fourth-order valence-electron chi connectivity index (χ4n) is 2.19. The quantitative estimate of drug-likeness (QED) is 0.645. The number of H-pyrrole nitrogens is 2. The smallest absolute Gasteiger partial charge is 0.326 e.